The molecule has 0 aliphatic heterocycles. The highest BCUT2D eigenvalue weighted by atomic mass is 19.1. The summed E-state index contributed by atoms with van der Waals surface area (Å²) >= 11 is 0. The van der Waals surface area contributed by atoms with Crippen LogP contribution in [0.4, 0.5) is 4.39 Å². The number of carbonyl (C=O) groups is 1. The average Bonchev–Trinajstić information content (AvgIpc) is 2.91. The summed E-state index contributed by atoms with van der Waals surface area (Å²) in [7, 11) is 0. The number of aromatic amines is 1. The van der Waals surface area contributed by atoms with Gasteiger partial charge in [0.15, 0.2) is 0 Å². The molecular weight excluding hydrogens is 269 g/mol. The Morgan fingerprint density at radius 2 is 1.90 bits per heavy atom. The van der Waals surface area contributed by atoms with Crippen LogP contribution < -0.4 is 5.32 Å². The number of aromatic nitrogens is 2. The lowest BCUT2D eigenvalue weighted by atomic mass is 10.2. The summed E-state index contributed by atoms with van der Waals surface area (Å²) in [5.74, 6) is -0.353. The fourth-order valence-electron chi connectivity index (χ4n) is 2.17. The van der Waals surface area contributed by atoms with Crippen molar-refractivity contribution in [3.63, 3.8) is 0 Å². The maximum absolute atomic E-state index is 13.6. The molecular formula is C16H14FN3O. The van der Waals surface area contributed by atoms with E-state index in [-0.39, 0.29) is 11.6 Å². The third-order valence-electron chi connectivity index (χ3n) is 3.28. The van der Waals surface area contributed by atoms with Gasteiger partial charge in [-0.15, -0.1) is 0 Å². The first-order chi connectivity index (χ1) is 10.1. The first-order valence-corrected chi connectivity index (χ1v) is 6.65. The lowest BCUT2D eigenvalue weighted by Crippen LogP contribution is -2.28. The van der Waals surface area contributed by atoms with E-state index >= 15 is 0 Å². The summed E-state index contributed by atoms with van der Waals surface area (Å²) in [6.07, 6.45) is 0. The van der Waals surface area contributed by atoms with Gasteiger partial charge in [-0.25, -0.2) is 9.37 Å². The van der Waals surface area contributed by atoms with E-state index in [0.29, 0.717) is 5.82 Å². The highest BCUT2D eigenvalue weighted by Gasteiger charge is 2.16. The maximum Gasteiger partial charge on any atom is 0.254 e. The molecule has 0 fully saturated rings. The normalized spacial score (nSPS) is 12.3. The Labute approximate surface area is 121 Å². The van der Waals surface area contributed by atoms with E-state index < -0.39 is 11.7 Å². The molecule has 0 spiro atoms. The van der Waals surface area contributed by atoms with Crippen molar-refractivity contribution in [3.05, 3.63) is 65.7 Å². The molecule has 0 radical (unpaired) electrons. The van der Waals surface area contributed by atoms with Gasteiger partial charge in [0.1, 0.15) is 11.6 Å². The van der Waals surface area contributed by atoms with Gasteiger partial charge in [-0.3, -0.25) is 4.79 Å². The van der Waals surface area contributed by atoms with E-state index in [1.165, 1.54) is 12.1 Å². The molecule has 1 amide bonds. The highest BCUT2D eigenvalue weighted by molar-refractivity contribution is 5.94. The third-order valence-corrected chi connectivity index (χ3v) is 3.28. The van der Waals surface area contributed by atoms with E-state index in [0.717, 1.165) is 11.0 Å². The Morgan fingerprint density at radius 1 is 1.19 bits per heavy atom. The molecule has 2 aromatic carbocycles. The van der Waals surface area contributed by atoms with Gasteiger partial charge in [0.25, 0.3) is 5.91 Å². The zero-order chi connectivity index (χ0) is 14.8. The molecule has 0 bridgehead atoms. The number of imidazole rings is 1. The number of H-pyrrole nitrogens is 1. The number of carbonyl (C=O) groups excluding carboxylic acids is 1. The van der Waals surface area contributed by atoms with E-state index in [9.17, 15) is 9.18 Å². The molecule has 0 aliphatic rings. The van der Waals surface area contributed by atoms with E-state index in [2.05, 4.69) is 15.3 Å². The van der Waals surface area contributed by atoms with Gasteiger partial charge in [-0.05, 0) is 31.2 Å². The highest BCUT2D eigenvalue weighted by Crippen LogP contribution is 2.16. The molecule has 21 heavy (non-hydrogen) atoms. The molecule has 4 nitrogen and oxygen atoms in total. The van der Waals surface area contributed by atoms with Crippen LogP contribution in [0.25, 0.3) is 11.0 Å². The van der Waals surface area contributed by atoms with Crippen LogP contribution in [0.5, 0.6) is 0 Å². The average molecular weight is 283 g/mol. The molecule has 2 N–H and O–H groups in total. The summed E-state index contributed by atoms with van der Waals surface area (Å²) in [6, 6.07) is 13.2. The largest absolute Gasteiger partial charge is 0.342 e. The molecule has 0 aliphatic carbocycles. The van der Waals surface area contributed by atoms with Gasteiger partial charge in [-0.2, -0.15) is 0 Å². The fourth-order valence-corrected chi connectivity index (χ4v) is 2.17. The molecule has 5 heteroatoms. The summed E-state index contributed by atoms with van der Waals surface area (Å²) in [5, 5.41) is 2.74. The number of nitrogens with one attached hydrogen (secondary N) is 2. The lowest BCUT2D eigenvalue weighted by molar-refractivity contribution is 0.0934. The van der Waals surface area contributed by atoms with Gasteiger partial charge < -0.3 is 10.3 Å². The Bertz CT molecular complexity index is 764. The summed E-state index contributed by atoms with van der Waals surface area (Å²) < 4.78 is 13.6. The van der Waals surface area contributed by atoms with E-state index in [1.54, 1.807) is 19.1 Å². The van der Waals surface area contributed by atoms with Crippen LogP contribution in [0, 0.1) is 5.82 Å². The third kappa shape index (κ3) is 2.63. The summed E-state index contributed by atoms with van der Waals surface area (Å²) in [5.41, 5.74) is 1.76. The van der Waals surface area contributed by atoms with Gasteiger partial charge in [0, 0.05) is 0 Å². The molecule has 106 valence electrons. The predicted octanol–water partition coefficient (Wildman–Crippen LogP) is 3.19. The second kappa shape index (κ2) is 5.36. The van der Waals surface area contributed by atoms with Gasteiger partial charge in [0.05, 0.1) is 22.6 Å². The number of hydrogen-bond acceptors (Lipinski definition) is 2. The van der Waals surface area contributed by atoms with Crippen LogP contribution in [-0.4, -0.2) is 15.9 Å². The summed E-state index contributed by atoms with van der Waals surface area (Å²) in [6.45, 7) is 1.80. The second-order valence-electron chi connectivity index (χ2n) is 4.81. The number of fused-ring (bicyclic) bond motifs is 1. The van der Waals surface area contributed by atoms with Crippen molar-refractivity contribution < 1.29 is 9.18 Å². The first-order valence-electron chi connectivity index (χ1n) is 6.65. The molecule has 3 aromatic rings. The number of para-hydroxylation sites is 2. The minimum absolute atomic E-state index is 0.0282. The topological polar surface area (TPSA) is 57.8 Å². The first kappa shape index (κ1) is 13.3. The number of halogens is 1. The zero-order valence-corrected chi connectivity index (χ0v) is 11.4. The smallest absolute Gasteiger partial charge is 0.254 e. The van der Waals surface area contributed by atoms with Crippen molar-refractivity contribution in [2.45, 2.75) is 13.0 Å². The van der Waals surface area contributed by atoms with Crippen molar-refractivity contribution >= 4 is 16.9 Å². The van der Waals surface area contributed by atoms with Crippen LogP contribution in [-0.2, 0) is 0 Å². The van der Waals surface area contributed by atoms with Crippen LogP contribution in [0.1, 0.15) is 29.1 Å². The second-order valence-corrected chi connectivity index (χ2v) is 4.81. The standard InChI is InChI=1S/C16H14FN3O/c1-10(15-19-13-8-4-5-9-14(13)20-15)18-16(21)11-6-2-3-7-12(11)17/h2-10H,1H3,(H,18,21)(H,19,20)/t10-/m1/s1. The van der Waals surface area contributed by atoms with Crippen LogP contribution in [0.15, 0.2) is 48.5 Å². The number of hydrogen-bond donors (Lipinski definition) is 2. The summed E-state index contributed by atoms with van der Waals surface area (Å²) in [4.78, 5) is 19.6. The minimum atomic E-state index is -0.535. The van der Waals surface area contributed by atoms with Crippen LogP contribution in [0.3, 0.4) is 0 Å². The monoisotopic (exact) mass is 283 g/mol. The van der Waals surface area contributed by atoms with Crippen molar-refractivity contribution in [1.29, 1.82) is 0 Å². The number of nitrogens with zero attached hydrogens (tertiary/aromatic N) is 1. The van der Waals surface area contributed by atoms with Gasteiger partial charge in [-0.1, -0.05) is 24.3 Å². The molecule has 0 saturated carbocycles. The minimum Gasteiger partial charge on any atom is -0.342 e. The van der Waals surface area contributed by atoms with Crippen LogP contribution >= 0.6 is 0 Å². The van der Waals surface area contributed by atoms with Gasteiger partial charge in [0.2, 0.25) is 0 Å². The van der Waals surface area contributed by atoms with Crippen molar-refractivity contribution in [2.24, 2.45) is 0 Å². The maximum atomic E-state index is 13.6. The Balaban J connectivity index is 1.81. The quantitative estimate of drug-likeness (QED) is 0.775. The number of benzene rings is 2. The van der Waals surface area contributed by atoms with Gasteiger partial charge >= 0.3 is 0 Å². The number of amides is 1. The van der Waals surface area contributed by atoms with Crippen molar-refractivity contribution in [2.75, 3.05) is 0 Å². The fraction of sp³-hybridized carbons (Fsp3) is 0.125. The predicted molar refractivity (Wildman–Crippen MR) is 78.4 cm³/mol. The lowest BCUT2D eigenvalue weighted by Gasteiger charge is -2.11. The van der Waals surface area contributed by atoms with Crippen LogP contribution in [0.2, 0.25) is 0 Å². The molecule has 1 aromatic heterocycles. The number of rotatable bonds is 3. The molecule has 1 atom stereocenters. The SMILES string of the molecule is C[C@@H](NC(=O)c1ccccc1F)c1nc2ccccc2[nH]1. The molecule has 0 saturated heterocycles. The van der Waals surface area contributed by atoms with E-state index in [4.69, 9.17) is 0 Å². The molecule has 3 rings (SSSR count). The molecule has 0 unspecified atom stereocenters. The Morgan fingerprint density at radius 3 is 2.67 bits per heavy atom. The van der Waals surface area contributed by atoms with E-state index in [1.807, 2.05) is 24.3 Å². The van der Waals surface area contributed by atoms with Crippen molar-refractivity contribution in [3.8, 4) is 0 Å². The Kier molecular flexibility index (Phi) is 3.39. The Hall–Kier alpha value is -2.69. The van der Waals surface area contributed by atoms with Crippen molar-refractivity contribution in [1.82, 2.24) is 15.3 Å². The zero-order valence-electron chi connectivity index (χ0n) is 11.4. The molecule has 1 heterocycles.